The van der Waals surface area contributed by atoms with Crippen LogP contribution in [-0.2, 0) is 24.4 Å². The van der Waals surface area contributed by atoms with E-state index in [9.17, 15) is 0 Å². The van der Waals surface area contributed by atoms with Crippen molar-refractivity contribution < 1.29 is 19.1 Å². The molecule has 0 amide bonds. The molecule has 5 nitrogen and oxygen atoms in total. The Morgan fingerprint density at radius 2 is 2.00 bits per heavy atom. The second-order valence-corrected chi connectivity index (χ2v) is 4.12. The molecule has 0 atom stereocenters. The van der Waals surface area contributed by atoms with E-state index in [2.05, 4.69) is 5.16 Å². The van der Waals surface area contributed by atoms with Gasteiger partial charge >= 0.3 is 0 Å². The van der Waals surface area contributed by atoms with Crippen molar-refractivity contribution in [1.82, 2.24) is 5.16 Å². The lowest BCUT2D eigenvalue weighted by Crippen LogP contribution is -1.96. The highest BCUT2D eigenvalue weighted by molar-refractivity contribution is 5.27. The van der Waals surface area contributed by atoms with Crippen LogP contribution in [0.1, 0.15) is 17.0 Å². The molecule has 102 valence electrons. The number of benzene rings is 1. The van der Waals surface area contributed by atoms with Crippen LogP contribution in [0.4, 0.5) is 0 Å². The number of ether oxygens (including phenoxy) is 2. The van der Waals surface area contributed by atoms with Crippen molar-refractivity contribution in [2.24, 2.45) is 0 Å². The van der Waals surface area contributed by atoms with Crippen molar-refractivity contribution in [3.8, 4) is 5.75 Å². The Labute approximate surface area is 111 Å². The summed E-state index contributed by atoms with van der Waals surface area (Å²) in [5.74, 6) is 1.44. The van der Waals surface area contributed by atoms with E-state index in [4.69, 9.17) is 19.1 Å². The Balaban J connectivity index is 1.86. The Morgan fingerprint density at radius 1 is 1.21 bits per heavy atom. The topological polar surface area (TPSA) is 64.7 Å². The van der Waals surface area contributed by atoms with Crippen LogP contribution < -0.4 is 4.74 Å². The second kappa shape index (κ2) is 6.92. The van der Waals surface area contributed by atoms with E-state index < -0.39 is 0 Å². The monoisotopic (exact) mass is 263 g/mol. The molecule has 1 aromatic heterocycles. The van der Waals surface area contributed by atoms with Gasteiger partial charge in [0.2, 0.25) is 0 Å². The van der Waals surface area contributed by atoms with Crippen molar-refractivity contribution in [3.63, 3.8) is 0 Å². The highest BCUT2D eigenvalue weighted by Gasteiger charge is 2.04. The molecule has 0 spiro atoms. The zero-order chi connectivity index (χ0) is 13.5. The van der Waals surface area contributed by atoms with Crippen LogP contribution >= 0.6 is 0 Å². The van der Waals surface area contributed by atoms with Crippen LogP contribution in [0.15, 0.2) is 34.9 Å². The van der Waals surface area contributed by atoms with Crippen LogP contribution in [0.3, 0.4) is 0 Å². The fourth-order valence-electron chi connectivity index (χ4n) is 1.67. The van der Waals surface area contributed by atoms with Gasteiger partial charge in [-0.2, -0.15) is 0 Å². The van der Waals surface area contributed by atoms with Crippen molar-refractivity contribution in [2.45, 2.75) is 19.6 Å². The molecule has 2 rings (SSSR count). The number of rotatable bonds is 7. The molecule has 5 heteroatoms. The first kappa shape index (κ1) is 13.6. The Morgan fingerprint density at radius 3 is 2.68 bits per heavy atom. The summed E-state index contributed by atoms with van der Waals surface area (Å²) in [4.78, 5) is 0. The molecular weight excluding hydrogens is 246 g/mol. The molecule has 0 aliphatic carbocycles. The number of methoxy groups -OCH3 is 1. The van der Waals surface area contributed by atoms with Gasteiger partial charge in [0.05, 0.1) is 0 Å². The summed E-state index contributed by atoms with van der Waals surface area (Å²) in [5, 5.41) is 12.7. The molecule has 0 saturated heterocycles. The van der Waals surface area contributed by atoms with Crippen LogP contribution in [-0.4, -0.2) is 24.0 Å². The minimum atomic E-state index is 0.154. The van der Waals surface area contributed by atoms with Crippen molar-refractivity contribution >= 4 is 0 Å². The lowest BCUT2D eigenvalue weighted by molar-refractivity contribution is 0.155. The zero-order valence-corrected chi connectivity index (χ0v) is 10.8. The molecule has 1 heterocycles. The minimum Gasteiger partial charge on any atom is -0.487 e. The largest absolute Gasteiger partial charge is 0.487 e. The summed E-state index contributed by atoms with van der Waals surface area (Å²) in [7, 11) is 1.60. The van der Waals surface area contributed by atoms with Gasteiger partial charge in [0.15, 0.2) is 5.76 Å². The first-order chi connectivity index (χ1) is 9.31. The van der Waals surface area contributed by atoms with Gasteiger partial charge in [-0.15, -0.1) is 0 Å². The van der Waals surface area contributed by atoms with E-state index in [0.717, 1.165) is 17.0 Å². The number of aromatic nitrogens is 1. The Hall–Kier alpha value is -1.85. The Kier molecular flexibility index (Phi) is 4.94. The van der Waals surface area contributed by atoms with E-state index in [1.54, 1.807) is 7.11 Å². The number of hydrogen-bond donors (Lipinski definition) is 1. The maximum Gasteiger partial charge on any atom is 0.162 e. The second-order valence-electron chi connectivity index (χ2n) is 4.12. The fraction of sp³-hybridized carbons (Fsp3) is 0.357. The van der Waals surface area contributed by atoms with E-state index in [1.807, 2.05) is 30.3 Å². The SMILES string of the molecule is COCc1cc(COc2ccc(CCO)cc2)no1. The van der Waals surface area contributed by atoms with Gasteiger partial charge in [-0.3, -0.25) is 0 Å². The molecule has 1 N–H and O–H groups in total. The van der Waals surface area contributed by atoms with Crippen LogP contribution in [0.25, 0.3) is 0 Å². The van der Waals surface area contributed by atoms with Gasteiger partial charge in [-0.05, 0) is 24.1 Å². The first-order valence-corrected chi connectivity index (χ1v) is 6.08. The number of aliphatic hydroxyl groups excluding tert-OH is 1. The summed E-state index contributed by atoms with van der Waals surface area (Å²) in [5.41, 5.74) is 1.81. The molecule has 0 unspecified atom stereocenters. The smallest absolute Gasteiger partial charge is 0.162 e. The summed E-state index contributed by atoms with van der Waals surface area (Å²) in [6, 6.07) is 9.43. The first-order valence-electron chi connectivity index (χ1n) is 6.08. The summed E-state index contributed by atoms with van der Waals surface area (Å²) in [6.07, 6.45) is 0.657. The van der Waals surface area contributed by atoms with Crippen molar-refractivity contribution in [3.05, 3.63) is 47.3 Å². The van der Waals surface area contributed by atoms with Gasteiger partial charge < -0.3 is 19.1 Å². The summed E-state index contributed by atoms with van der Waals surface area (Å²) >= 11 is 0. The molecule has 0 aliphatic heterocycles. The third-order valence-corrected chi connectivity index (χ3v) is 2.60. The van der Waals surface area contributed by atoms with Gasteiger partial charge in [-0.1, -0.05) is 17.3 Å². The molecular formula is C14H17NO4. The van der Waals surface area contributed by atoms with E-state index >= 15 is 0 Å². The third-order valence-electron chi connectivity index (χ3n) is 2.60. The lowest BCUT2D eigenvalue weighted by Gasteiger charge is -2.04. The number of nitrogens with zero attached hydrogens (tertiary/aromatic N) is 1. The molecule has 0 radical (unpaired) electrons. The normalized spacial score (nSPS) is 10.6. The van der Waals surface area contributed by atoms with Gasteiger partial charge in [-0.25, -0.2) is 0 Å². The highest BCUT2D eigenvalue weighted by atomic mass is 16.5. The fourth-order valence-corrected chi connectivity index (χ4v) is 1.67. The van der Waals surface area contributed by atoms with E-state index in [0.29, 0.717) is 25.4 Å². The quantitative estimate of drug-likeness (QED) is 0.827. The number of hydrogen-bond acceptors (Lipinski definition) is 5. The maximum absolute atomic E-state index is 8.83. The van der Waals surface area contributed by atoms with E-state index in [-0.39, 0.29) is 6.61 Å². The molecule has 2 aromatic rings. The average molecular weight is 263 g/mol. The third kappa shape index (κ3) is 4.08. The zero-order valence-electron chi connectivity index (χ0n) is 10.8. The summed E-state index contributed by atoms with van der Waals surface area (Å²) < 4.78 is 15.6. The van der Waals surface area contributed by atoms with Crippen molar-refractivity contribution in [1.29, 1.82) is 0 Å². The lowest BCUT2D eigenvalue weighted by atomic mass is 10.1. The molecule has 0 saturated carbocycles. The molecule has 19 heavy (non-hydrogen) atoms. The average Bonchev–Trinajstić information content (AvgIpc) is 2.87. The van der Waals surface area contributed by atoms with Gasteiger partial charge in [0, 0.05) is 19.8 Å². The van der Waals surface area contributed by atoms with Gasteiger partial charge in [0.1, 0.15) is 24.7 Å². The summed E-state index contributed by atoms with van der Waals surface area (Å²) in [6.45, 7) is 0.914. The maximum atomic E-state index is 8.83. The highest BCUT2D eigenvalue weighted by Crippen LogP contribution is 2.14. The molecule has 0 fully saturated rings. The molecule has 1 aromatic carbocycles. The van der Waals surface area contributed by atoms with Crippen LogP contribution in [0, 0.1) is 0 Å². The van der Waals surface area contributed by atoms with Gasteiger partial charge in [0.25, 0.3) is 0 Å². The van der Waals surface area contributed by atoms with Crippen molar-refractivity contribution in [2.75, 3.05) is 13.7 Å². The van der Waals surface area contributed by atoms with E-state index in [1.165, 1.54) is 0 Å². The minimum absolute atomic E-state index is 0.154. The Bertz CT molecular complexity index is 492. The molecule has 0 aliphatic rings. The predicted octanol–water partition coefficient (Wildman–Crippen LogP) is 1.93. The standard InChI is InChI=1S/C14H17NO4/c1-17-10-14-8-12(15-19-14)9-18-13-4-2-11(3-5-13)6-7-16/h2-5,8,16H,6-7,9-10H2,1H3. The van der Waals surface area contributed by atoms with Crippen LogP contribution in [0.2, 0.25) is 0 Å². The predicted molar refractivity (Wildman–Crippen MR) is 68.8 cm³/mol. The number of aliphatic hydroxyl groups is 1. The van der Waals surface area contributed by atoms with Crippen LogP contribution in [0.5, 0.6) is 5.75 Å². The molecule has 0 bridgehead atoms.